The third-order valence-corrected chi connectivity index (χ3v) is 5.03. The van der Waals surface area contributed by atoms with E-state index in [1.807, 2.05) is 0 Å². The molecule has 2 aromatic heterocycles. The Morgan fingerprint density at radius 1 is 1.21 bits per heavy atom. The molecule has 0 aliphatic rings. The first-order valence-corrected chi connectivity index (χ1v) is 9.16. The second-order valence-corrected chi connectivity index (χ2v) is 6.92. The molecule has 0 aromatic carbocycles. The second-order valence-electron chi connectivity index (χ2n) is 5.01. The molecule has 0 radical (unpaired) electrons. The van der Waals surface area contributed by atoms with Crippen LogP contribution in [0.4, 0.5) is 10.7 Å². The van der Waals surface area contributed by atoms with Gasteiger partial charge < -0.3 is 14.2 Å². The van der Waals surface area contributed by atoms with Gasteiger partial charge in [0.05, 0.1) is 33.1 Å². The number of hydrogen-bond donors (Lipinski definition) is 2. The van der Waals surface area contributed by atoms with Crippen LogP contribution < -0.4 is 14.8 Å². The summed E-state index contributed by atoms with van der Waals surface area (Å²) < 4.78 is 40.4. The molecule has 0 aliphatic heterocycles. The lowest BCUT2D eigenvalue weighted by molar-refractivity contribution is 0.0521. The van der Waals surface area contributed by atoms with E-state index >= 15 is 0 Å². The summed E-state index contributed by atoms with van der Waals surface area (Å²) in [7, 11) is -0.779. The van der Waals surface area contributed by atoms with Crippen molar-refractivity contribution in [1.29, 1.82) is 0 Å². The number of amides is 2. The normalized spacial score (nSPS) is 10.9. The number of aromatic nitrogens is 4. The standard InChI is InChI=1S/C14H18N6O7S/c1-5-27-12(21)8-7-15-19-11(8)28(23,24)20(2)14(22)18-13-16-9(25-3)6-10(17-13)26-4/h6-7H,5H2,1-4H3,(H,15,19)(H,16,17,18,22). The van der Waals surface area contributed by atoms with Crippen LogP contribution in [0.15, 0.2) is 17.3 Å². The Labute approximate surface area is 160 Å². The molecule has 0 saturated carbocycles. The molecule has 152 valence electrons. The highest BCUT2D eigenvalue weighted by molar-refractivity contribution is 7.89. The third-order valence-electron chi connectivity index (χ3n) is 3.32. The van der Waals surface area contributed by atoms with E-state index in [0.29, 0.717) is 4.31 Å². The monoisotopic (exact) mass is 414 g/mol. The number of carbonyl (C=O) groups excluding carboxylic acids is 2. The zero-order valence-corrected chi connectivity index (χ0v) is 16.2. The average molecular weight is 414 g/mol. The lowest BCUT2D eigenvalue weighted by Crippen LogP contribution is -2.37. The van der Waals surface area contributed by atoms with Crippen LogP contribution in [-0.2, 0) is 14.8 Å². The number of H-pyrrole nitrogens is 1. The first kappa shape index (κ1) is 20.9. The van der Waals surface area contributed by atoms with Crippen molar-refractivity contribution in [3.05, 3.63) is 17.8 Å². The predicted octanol–water partition coefficient (Wildman–Crippen LogP) is 0.246. The van der Waals surface area contributed by atoms with E-state index in [1.165, 1.54) is 20.3 Å². The van der Waals surface area contributed by atoms with Crippen LogP contribution in [0.1, 0.15) is 17.3 Å². The van der Waals surface area contributed by atoms with Gasteiger partial charge in [0.2, 0.25) is 17.7 Å². The molecular formula is C14H18N6O7S. The first-order valence-electron chi connectivity index (χ1n) is 7.72. The van der Waals surface area contributed by atoms with Gasteiger partial charge >= 0.3 is 12.0 Å². The summed E-state index contributed by atoms with van der Waals surface area (Å²) in [5, 5.41) is 7.35. The maximum Gasteiger partial charge on any atom is 0.342 e. The van der Waals surface area contributed by atoms with E-state index < -0.39 is 27.0 Å². The summed E-state index contributed by atoms with van der Waals surface area (Å²) in [6.45, 7) is 1.60. The number of aromatic amines is 1. The van der Waals surface area contributed by atoms with E-state index in [2.05, 4.69) is 25.5 Å². The number of nitrogens with zero attached hydrogens (tertiary/aromatic N) is 4. The molecule has 0 aliphatic carbocycles. The largest absolute Gasteiger partial charge is 0.481 e. The zero-order chi connectivity index (χ0) is 20.9. The van der Waals surface area contributed by atoms with Gasteiger partial charge in [-0.2, -0.15) is 23.5 Å². The SMILES string of the molecule is CCOC(=O)c1cn[nH]c1S(=O)(=O)N(C)C(=O)Nc1nc(OC)cc(OC)n1. The quantitative estimate of drug-likeness (QED) is 0.599. The number of hydrogen-bond acceptors (Lipinski definition) is 10. The van der Waals surface area contributed by atoms with Crippen LogP contribution in [0.3, 0.4) is 0 Å². The molecule has 0 unspecified atom stereocenters. The fraction of sp³-hybridized carbons (Fsp3) is 0.357. The van der Waals surface area contributed by atoms with Gasteiger partial charge in [0.15, 0.2) is 5.03 Å². The molecule has 2 aromatic rings. The summed E-state index contributed by atoms with van der Waals surface area (Å²) >= 11 is 0. The van der Waals surface area contributed by atoms with Gasteiger partial charge in [-0.25, -0.2) is 13.9 Å². The predicted molar refractivity (Wildman–Crippen MR) is 93.6 cm³/mol. The van der Waals surface area contributed by atoms with Crippen LogP contribution in [0.25, 0.3) is 0 Å². The third kappa shape index (κ3) is 4.28. The maximum atomic E-state index is 12.7. The van der Waals surface area contributed by atoms with Gasteiger partial charge in [0.25, 0.3) is 10.0 Å². The van der Waals surface area contributed by atoms with Crippen molar-refractivity contribution in [2.75, 3.05) is 33.2 Å². The summed E-state index contributed by atoms with van der Waals surface area (Å²) in [6, 6.07) is 0.270. The lowest BCUT2D eigenvalue weighted by Gasteiger charge is -2.17. The number of anilines is 1. The Balaban J connectivity index is 2.28. The Kier molecular flexibility index (Phi) is 6.35. The van der Waals surface area contributed by atoms with Crippen molar-refractivity contribution in [3.8, 4) is 11.8 Å². The highest BCUT2D eigenvalue weighted by Crippen LogP contribution is 2.20. The maximum absolute atomic E-state index is 12.7. The van der Waals surface area contributed by atoms with E-state index in [0.717, 1.165) is 13.2 Å². The Bertz CT molecular complexity index is 952. The molecule has 0 fully saturated rings. The van der Waals surface area contributed by atoms with Crippen molar-refractivity contribution < 1.29 is 32.2 Å². The van der Waals surface area contributed by atoms with E-state index in [-0.39, 0.29) is 29.9 Å². The van der Waals surface area contributed by atoms with Gasteiger partial charge in [-0.1, -0.05) is 0 Å². The summed E-state index contributed by atoms with van der Waals surface area (Å²) in [4.78, 5) is 32.0. The van der Waals surface area contributed by atoms with Crippen molar-refractivity contribution >= 4 is 28.0 Å². The topological polar surface area (TPSA) is 166 Å². The number of sulfonamides is 1. The fourth-order valence-electron chi connectivity index (χ4n) is 1.91. The van der Waals surface area contributed by atoms with Crippen LogP contribution in [-0.4, -0.2) is 72.8 Å². The number of nitrogens with one attached hydrogen (secondary N) is 2. The minimum absolute atomic E-state index is 0.0365. The molecule has 2 heterocycles. The summed E-state index contributed by atoms with van der Waals surface area (Å²) in [5.41, 5.74) is -0.333. The molecule has 28 heavy (non-hydrogen) atoms. The van der Waals surface area contributed by atoms with E-state index in [4.69, 9.17) is 14.2 Å². The number of carbonyl (C=O) groups is 2. The second kappa shape index (κ2) is 8.51. The number of urea groups is 1. The molecule has 13 nitrogen and oxygen atoms in total. The van der Waals surface area contributed by atoms with Gasteiger partial charge in [0.1, 0.15) is 5.56 Å². The smallest absolute Gasteiger partial charge is 0.342 e. The van der Waals surface area contributed by atoms with Gasteiger partial charge in [-0.15, -0.1) is 0 Å². The lowest BCUT2D eigenvalue weighted by atomic mass is 10.4. The van der Waals surface area contributed by atoms with E-state index in [9.17, 15) is 18.0 Å². The van der Waals surface area contributed by atoms with Crippen molar-refractivity contribution in [2.45, 2.75) is 11.9 Å². The Morgan fingerprint density at radius 2 is 1.82 bits per heavy atom. The molecule has 2 amide bonds. The highest BCUT2D eigenvalue weighted by atomic mass is 32.2. The van der Waals surface area contributed by atoms with Crippen molar-refractivity contribution in [3.63, 3.8) is 0 Å². The fourth-order valence-corrected chi connectivity index (χ4v) is 3.03. The number of esters is 1. The summed E-state index contributed by atoms with van der Waals surface area (Å²) in [6.07, 6.45) is 0.993. The van der Waals surface area contributed by atoms with E-state index in [1.54, 1.807) is 6.92 Å². The molecule has 2 N–H and O–H groups in total. The minimum atomic E-state index is -4.46. The van der Waals surface area contributed by atoms with Crippen molar-refractivity contribution in [2.24, 2.45) is 0 Å². The van der Waals surface area contributed by atoms with Crippen LogP contribution in [0.5, 0.6) is 11.8 Å². The molecule has 0 spiro atoms. The van der Waals surface area contributed by atoms with Gasteiger partial charge in [-0.3, -0.25) is 10.4 Å². The van der Waals surface area contributed by atoms with Gasteiger partial charge in [0, 0.05) is 7.05 Å². The van der Waals surface area contributed by atoms with Crippen LogP contribution >= 0.6 is 0 Å². The highest BCUT2D eigenvalue weighted by Gasteiger charge is 2.33. The molecular weight excluding hydrogens is 396 g/mol. The van der Waals surface area contributed by atoms with Gasteiger partial charge in [-0.05, 0) is 6.92 Å². The Hall–Kier alpha value is -3.42. The minimum Gasteiger partial charge on any atom is -0.481 e. The first-order chi connectivity index (χ1) is 13.2. The number of methoxy groups -OCH3 is 2. The molecule has 0 saturated heterocycles. The number of ether oxygens (including phenoxy) is 3. The van der Waals surface area contributed by atoms with Crippen LogP contribution in [0, 0.1) is 0 Å². The molecule has 14 heteroatoms. The summed E-state index contributed by atoms with van der Waals surface area (Å²) in [5.74, 6) is -0.973. The average Bonchev–Trinajstić information content (AvgIpc) is 3.18. The molecule has 2 rings (SSSR count). The molecule has 0 atom stereocenters. The number of rotatable bonds is 7. The van der Waals surface area contributed by atoms with Crippen LogP contribution in [0.2, 0.25) is 0 Å². The molecule has 0 bridgehead atoms. The zero-order valence-electron chi connectivity index (χ0n) is 15.4. The Morgan fingerprint density at radius 3 is 2.36 bits per heavy atom. The van der Waals surface area contributed by atoms with Crippen molar-refractivity contribution in [1.82, 2.24) is 24.5 Å².